The van der Waals surface area contributed by atoms with E-state index in [2.05, 4.69) is 0 Å². The van der Waals surface area contributed by atoms with Crippen LogP contribution in [0, 0.1) is 13.8 Å². The lowest BCUT2D eigenvalue weighted by Gasteiger charge is -2.23. The number of methoxy groups -OCH3 is 1. The number of rotatable bonds is 3. The van der Waals surface area contributed by atoms with E-state index in [1.165, 1.54) is 7.11 Å². The van der Waals surface area contributed by atoms with Gasteiger partial charge >= 0.3 is 0 Å². The van der Waals surface area contributed by atoms with E-state index in [1.807, 2.05) is 38.3 Å². The van der Waals surface area contributed by atoms with Crippen molar-refractivity contribution in [3.05, 3.63) is 34.9 Å². The smallest absolute Gasteiger partial charge is 0.237 e. The van der Waals surface area contributed by atoms with E-state index < -0.39 is 5.60 Å². The fraction of sp³-hybridized carbons (Fsp3) is 0.417. The normalized spacial score (nSPS) is 14.9. The first-order chi connectivity index (χ1) is 6.55. The monoisotopic (exact) mass is 191 g/mol. The summed E-state index contributed by atoms with van der Waals surface area (Å²) in [6, 6.07) is 5.84. The first-order valence-corrected chi connectivity index (χ1v) is 4.56. The zero-order valence-corrected chi connectivity index (χ0v) is 9.05. The van der Waals surface area contributed by atoms with Crippen LogP contribution in [0.4, 0.5) is 0 Å². The lowest BCUT2D eigenvalue weighted by Crippen LogP contribution is -2.27. The van der Waals surface area contributed by atoms with Crippen LogP contribution in [-0.4, -0.2) is 13.4 Å². The van der Waals surface area contributed by atoms with E-state index in [-0.39, 0.29) is 0 Å². The zero-order valence-electron chi connectivity index (χ0n) is 9.05. The van der Waals surface area contributed by atoms with Crippen LogP contribution in [-0.2, 0) is 15.1 Å². The van der Waals surface area contributed by atoms with E-state index in [0.717, 1.165) is 16.7 Å². The SMILES string of the molecule is COC(C)([C]=O)c1cccc(C)c1C. The molecule has 0 amide bonds. The molecule has 0 fully saturated rings. The second-order valence-electron chi connectivity index (χ2n) is 3.59. The fourth-order valence-corrected chi connectivity index (χ4v) is 1.47. The molecule has 1 unspecified atom stereocenters. The predicted molar refractivity (Wildman–Crippen MR) is 56.0 cm³/mol. The van der Waals surface area contributed by atoms with Crippen LogP contribution in [0.15, 0.2) is 18.2 Å². The van der Waals surface area contributed by atoms with E-state index >= 15 is 0 Å². The Bertz CT molecular complexity index is 344. The highest BCUT2D eigenvalue weighted by Gasteiger charge is 2.28. The van der Waals surface area contributed by atoms with Crippen LogP contribution in [0.2, 0.25) is 0 Å². The van der Waals surface area contributed by atoms with Gasteiger partial charge in [0, 0.05) is 7.11 Å². The number of aryl methyl sites for hydroxylation is 1. The van der Waals surface area contributed by atoms with Crippen molar-refractivity contribution in [3.63, 3.8) is 0 Å². The number of hydrogen-bond donors (Lipinski definition) is 0. The summed E-state index contributed by atoms with van der Waals surface area (Å²) in [5.74, 6) is 0. The quantitative estimate of drug-likeness (QED) is 0.732. The van der Waals surface area contributed by atoms with Crippen LogP contribution in [0.1, 0.15) is 23.6 Å². The fourth-order valence-electron chi connectivity index (χ4n) is 1.47. The minimum absolute atomic E-state index is 0.884. The maximum absolute atomic E-state index is 10.9. The van der Waals surface area contributed by atoms with Gasteiger partial charge < -0.3 is 4.74 Å². The molecule has 0 aliphatic rings. The lowest BCUT2D eigenvalue weighted by molar-refractivity contribution is 0.0612. The average Bonchev–Trinajstić information content (AvgIpc) is 2.21. The second kappa shape index (κ2) is 3.93. The molecule has 0 saturated carbocycles. The number of ether oxygens (including phenoxy) is 1. The van der Waals surface area contributed by atoms with Gasteiger partial charge in [0.1, 0.15) is 0 Å². The summed E-state index contributed by atoms with van der Waals surface area (Å²) in [6.45, 7) is 5.72. The van der Waals surface area contributed by atoms with Gasteiger partial charge in [-0.1, -0.05) is 18.2 Å². The molecule has 0 spiro atoms. The Kier molecular flexibility index (Phi) is 3.06. The highest BCUT2D eigenvalue weighted by Crippen LogP contribution is 2.26. The molecule has 2 heteroatoms. The lowest BCUT2D eigenvalue weighted by atomic mass is 9.91. The van der Waals surface area contributed by atoms with Crippen molar-refractivity contribution < 1.29 is 9.53 Å². The molecule has 75 valence electrons. The maximum Gasteiger partial charge on any atom is 0.237 e. The molecule has 1 rings (SSSR count). The third kappa shape index (κ3) is 1.70. The van der Waals surface area contributed by atoms with Gasteiger partial charge in [-0.25, -0.2) is 0 Å². The van der Waals surface area contributed by atoms with Gasteiger partial charge in [-0.05, 0) is 37.5 Å². The highest BCUT2D eigenvalue weighted by molar-refractivity contribution is 5.67. The average molecular weight is 191 g/mol. The molecular formula is C12H15O2. The number of benzene rings is 1. The van der Waals surface area contributed by atoms with Gasteiger partial charge in [-0.15, -0.1) is 0 Å². The highest BCUT2D eigenvalue weighted by atomic mass is 16.5. The summed E-state index contributed by atoms with van der Waals surface area (Å²) in [6.07, 6.45) is 1.94. The Hall–Kier alpha value is -1.15. The zero-order chi connectivity index (χ0) is 10.8. The third-order valence-electron chi connectivity index (χ3n) is 2.72. The summed E-state index contributed by atoms with van der Waals surface area (Å²) in [7, 11) is 1.52. The van der Waals surface area contributed by atoms with Crippen molar-refractivity contribution in [1.82, 2.24) is 0 Å². The molecule has 1 atom stereocenters. The van der Waals surface area contributed by atoms with E-state index in [1.54, 1.807) is 6.92 Å². The van der Waals surface area contributed by atoms with Crippen molar-refractivity contribution in [2.45, 2.75) is 26.4 Å². The molecule has 0 aliphatic heterocycles. The molecule has 14 heavy (non-hydrogen) atoms. The topological polar surface area (TPSA) is 26.3 Å². The molecule has 1 aromatic carbocycles. The van der Waals surface area contributed by atoms with Crippen molar-refractivity contribution in [1.29, 1.82) is 0 Å². The molecular weight excluding hydrogens is 176 g/mol. The Morgan fingerprint density at radius 1 is 1.36 bits per heavy atom. The largest absolute Gasteiger partial charge is 0.365 e. The van der Waals surface area contributed by atoms with Gasteiger partial charge in [0.15, 0.2) is 5.60 Å². The second-order valence-corrected chi connectivity index (χ2v) is 3.59. The molecule has 1 radical (unpaired) electrons. The van der Waals surface area contributed by atoms with Gasteiger partial charge in [0.2, 0.25) is 6.29 Å². The van der Waals surface area contributed by atoms with Crippen LogP contribution in [0.3, 0.4) is 0 Å². The predicted octanol–water partition coefficient (Wildman–Crippen LogP) is 2.27. The summed E-state index contributed by atoms with van der Waals surface area (Å²) < 4.78 is 5.19. The van der Waals surface area contributed by atoms with Gasteiger partial charge in [-0.3, -0.25) is 4.79 Å². The van der Waals surface area contributed by atoms with Gasteiger partial charge in [0.05, 0.1) is 0 Å². The van der Waals surface area contributed by atoms with Crippen molar-refractivity contribution in [2.75, 3.05) is 7.11 Å². The first-order valence-electron chi connectivity index (χ1n) is 4.56. The van der Waals surface area contributed by atoms with E-state index in [4.69, 9.17) is 4.74 Å². The van der Waals surface area contributed by atoms with Crippen molar-refractivity contribution in [2.24, 2.45) is 0 Å². The molecule has 0 aromatic heterocycles. The molecule has 0 saturated heterocycles. The van der Waals surface area contributed by atoms with E-state index in [0.29, 0.717) is 0 Å². The molecule has 0 N–H and O–H groups in total. The number of hydrogen-bond acceptors (Lipinski definition) is 2. The Labute approximate surface area is 84.9 Å². The van der Waals surface area contributed by atoms with Gasteiger partial charge in [-0.2, -0.15) is 0 Å². The molecule has 0 bridgehead atoms. The number of carbonyl (C=O) groups excluding carboxylic acids is 1. The summed E-state index contributed by atoms with van der Waals surface area (Å²) in [5.41, 5.74) is 2.17. The standard InChI is InChI=1S/C12H15O2/c1-9-6-5-7-11(10(9)2)12(3,8-13)14-4/h5-7H,1-4H3. The molecule has 1 aromatic rings. The van der Waals surface area contributed by atoms with E-state index in [9.17, 15) is 4.79 Å². The van der Waals surface area contributed by atoms with Crippen molar-refractivity contribution in [3.8, 4) is 0 Å². The Morgan fingerprint density at radius 3 is 2.50 bits per heavy atom. The van der Waals surface area contributed by atoms with Gasteiger partial charge in [0.25, 0.3) is 0 Å². The van der Waals surface area contributed by atoms with Crippen LogP contribution in [0.25, 0.3) is 0 Å². The summed E-state index contributed by atoms with van der Waals surface area (Å²) in [4.78, 5) is 10.9. The maximum atomic E-state index is 10.9. The summed E-state index contributed by atoms with van der Waals surface area (Å²) in [5, 5.41) is 0. The molecule has 0 aliphatic carbocycles. The molecule has 2 nitrogen and oxygen atoms in total. The van der Waals surface area contributed by atoms with Crippen LogP contribution in [0.5, 0.6) is 0 Å². The third-order valence-corrected chi connectivity index (χ3v) is 2.72. The minimum Gasteiger partial charge on any atom is -0.365 e. The van der Waals surface area contributed by atoms with Crippen LogP contribution >= 0.6 is 0 Å². The summed E-state index contributed by atoms with van der Waals surface area (Å²) >= 11 is 0. The first kappa shape index (κ1) is 10.9. The minimum atomic E-state index is -0.948. The Balaban J connectivity index is 3.31. The van der Waals surface area contributed by atoms with Crippen molar-refractivity contribution >= 4 is 6.29 Å². The van der Waals surface area contributed by atoms with Crippen LogP contribution < -0.4 is 0 Å². The Morgan fingerprint density at radius 2 is 2.00 bits per heavy atom. The molecule has 0 heterocycles.